The highest BCUT2D eigenvalue weighted by Crippen LogP contribution is 2.28. The molecule has 1 aromatic rings. The largest absolute Gasteiger partial charge is 0.497 e. The molecule has 0 aromatic heterocycles. The summed E-state index contributed by atoms with van der Waals surface area (Å²) in [6.07, 6.45) is 3.88. The van der Waals surface area contributed by atoms with E-state index in [9.17, 15) is 8.42 Å². The number of nitrogens with two attached hydrogens (primary N) is 1. The lowest BCUT2D eigenvalue weighted by Gasteiger charge is -2.32. The summed E-state index contributed by atoms with van der Waals surface area (Å²) in [5.74, 6) is 1.46. The van der Waals surface area contributed by atoms with E-state index in [-0.39, 0.29) is 12.0 Å². The lowest BCUT2D eigenvalue weighted by atomic mass is 10.1. The highest BCUT2D eigenvalue weighted by atomic mass is 32.2. The van der Waals surface area contributed by atoms with E-state index in [0.29, 0.717) is 30.3 Å². The first-order valence-corrected chi connectivity index (χ1v) is 9.95. The number of benzene rings is 1. The van der Waals surface area contributed by atoms with E-state index in [2.05, 4.69) is 10.3 Å². The molecule has 0 spiro atoms. The Balaban J connectivity index is 2.09. The molecule has 25 heavy (non-hydrogen) atoms. The number of nitrogens with zero attached hydrogens (tertiary/aromatic N) is 2. The van der Waals surface area contributed by atoms with Crippen LogP contribution in [-0.4, -0.2) is 58.3 Å². The second-order valence-electron chi connectivity index (χ2n) is 5.94. The number of ether oxygens (including phenoxy) is 2. The van der Waals surface area contributed by atoms with Gasteiger partial charge in [0.1, 0.15) is 11.5 Å². The Morgan fingerprint density at radius 3 is 2.76 bits per heavy atom. The van der Waals surface area contributed by atoms with E-state index in [0.717, 1.165) is 19.3 Å². The highest BCUT2D eigenvalue weighted by molar-refractivity contribution is 7.88. The first-order chi connectivity index (χ1) is 11.8. The number of aliphatic imine (C=N–C) groups is 1. The fourth-order valence-electron chi connectivity index (χ4n) is 2.89. The number of rotatable bonds is 6. The average Bonchev–Trinajstić information content (AvgIpc) is 2.59. The zero-order valence-corrected chi connectivity index (χ0v) is 15.7. The molecule has 140 valence electrons. The molecule has 1 atom stereocenters. The second kappa shape index (κ2) is 8.39. The third-order valence-electron chi connectivity index (χ3n) is 4.14. The summed E-state index contributed by atoms with van der Waals surface area (Å²) in [6.45, 7) is 0.855. The Morgan fingerprint density at radius 1 is 1.36 bits per heavy atom. The van der Waals surface area contributed by atoms with Crippen molar-refractivity contribution in [3.05, 3.63) is 18.2 Å². The van der Waals surface area contributed by atoms with E-state index in [1.807, 2.05) is 0 Å². The fourth-order valence-corrected chi connectivity index (χ4v) is 4.06. The van der Waals surface area contributed by atoms with Crippen LogP contribution in [0.25, 0.3) is 0 Å². The summed E-state index contributed by atoms with van der Waals surface area (Å²) in [5, 5.41) is 2.98. The summed E-state index contributed by atoms with van der Waals surface area (Å²) in [5.41, 5.74) is 6.60. The summed E-state index contributed by atoms with van der Waals surface area (Å²) in [4.78, 5) is 4.32. The summed E-state index contributed by atoms with van der Waals surface area (Å²) >= 11 is 0. The number of hydrogen-bond acceptors (Lipinski definition) is 5. The average molecular weight is 370 g/mol. The van der Waals surface area contributed by atoms with Crippen molar-refractivity contribution < 1.29 is 17.9 Å². The molecule has 2 rings (SSSR count). The molecule has 0 amide bonds. The van der Waals surface area contributed by atoms with Gasteiger partial charge < -0.3 is 20.5 Å². The first-order valence-electron chi connectivity index (χ1n) is 8.11. The number of piperidine rings is 1. The van der Waals surface area contributed by atoms with Crippen molar-refractivity contribution in [2.75, 3.05) is 38.9 Å². The van der Waals surface area contributed by atoms with Crippen molar-refractivity contribution in [2.45, 2.75) is 25.3 Å². The molecule has 0 saturated carbocycles. The molecule has 1 heterocycles. The molecular weight excluding hydrogens is 344 g/mol. The van der Waals surface area contributed by atoms with Gasteiger partial charge >= 0.3 is 0 Å². The molecule has 1 aromatic carbocycles. The van der Waals surface area contributed by atoms with Gasteiger partial charge in [-0.25, -0.2) is 8.42 Å². The lowest BCUT2D eigenvalue weighted by molar-refractivity contribution is 0.259. The summed E-state index contributed by atoms with van der Waals surface area (Å²) in [6, 6.07) is 5.14. The Labute approximate surface area is 149 Å². The topological polar surface area (TPSA) is 106 Å². The standard InChI is InChI=1S/C16H26N4O4S/c1-23-13-7-8-15(24-2)14(10-13)19-16(17)18-11-12-6-4-5-9-20(12)25(3,21)22/h7-8,10,12H,4-6,9,11H2,1-3H3,(H3,17,18,19). The van der Waals surface area contributed by atoms with Crippen molar-refractivity contribution in [1.82, 2.24) is 4.31 Å². The highest BCUT2D eigenvalue weighted by Gasteiger charge is 2.29. The molecule has 1 aliphatic heterocycles. The minimum Gasteiger partial charge on any atom is -0.497 e. The van der Waals surface area contributed by atoms with Crippen LogP contribution in [0.1, 0.15) is 19.3 Å². The van der Waals surface area contributed by atoms with E-state index >= 15 is 0 Å². The predicted octanol–water partition coefficient (Wildman–Crippen LogP) is 1.24. The van der Waals surface area contributed by atoms with Gasteiger partial charge in [0.25, 0.3) is 0 Å². The number of nitrogens with one attached hydrogen (secondary N) is 1. The van der Waals surface area contributed by atoms with Crippen LogP contribution in [0.3, 0.4) is 0 Å². The number of anilines is 1. The quantitative estimate of drug-likeness (QED) is 0.576. The Kier molecular flexibility index (Phi) is 6.49. The van der Waals surface area contributed by atoms with Gasteiger partial charge in [0.2, 0.25) is 10.0 Å². The zero-order valence-electron chi connectivity index (χ0n) is 14.9. The van der Waals surface area contributed by atoms with Crippen molar-refractivity contribution in [1.29, 1.82) is 0 Å². The zero-order chi connectivity index (χ0) is 18.4. The smallest absolute Gasteiger partial charge is 0.211 e. The maximum atomic E-state index is 11.9. The molecule has 1 saturated heterocycles. The van der Waals surface area contributed by atoms with Crippen LogP contribution in [0.15, 0.2) is 23.2 Å². The van der Waals surface area contributed by atoms with E-state index in [4.69, 9.17) is 15.2 Å². The first kappa shape index (κ1) is 19.3. The fraction of sp³-hybridized carbons (Fsp3) is 0.562. The summed E-state index contributed by atoms with van der Waals surface area (Å²) < 4.78 is 35.8. The lowest BCUT2D eigenvalue weighted by Crippen LogP contribution is -2.45. The Bertz CT molecular complexity index is 721. The maximum absolute atomic E-state index is 11.9. The maximum Gasteiger partial charge on any atom is 0.211 e. The van der Waals surface area contributed by atoms with Crippen LogP contribution in [0.4, 0.5) is 5.69 Å². The van der Waals surface area contributed by atoms with Gasteiger partial charge in [0.05, 0.1) is 32.7 Å². The third-order valence-corrected chi connectivity index (χ3v) is 5.47. The number of guanidine groups is 1. The van der Waals surface area contributed by atoms with Crippen molar-refractivity contribution in [3.63, 3.8) is 0 Å². The van der Waals surface area contributed by atoms with E-state index in [1.165, 1.54) is 10.6 Å². The number of hydrogen-bond donors (Lipinski definition) is 2. The molecule has 0 radical (unpaired) electrons. The number of methoxy groups -OCH3 is 2. The van der Waals surface area contributed by atoms with Crippen molar-refractivity contribution in [3.8, 4) is 11.5 Å². The minimum atomic E-state index is -3.24. The van der Waals surface area contributed by atoms with Crippen molar-refractivity contribution >= 4 is 21.7 Å². The van der Waals surface area contributed by atoms with Gasteiger partial charge in [0, 0.05) is 18.7 Å². The SMILES string of the molecule is COc1ccc(OC)c(NC(N)=NCC2CCCCN2S(C)(=O)=O)c1. The summed E-state index contributed by atoms with van der Waals surface area (Å²) in [7, 11) is -0.0981. The molecule has 8 nitrogen and oxygen atoms in total. The Hall–Kier alpha value is -2.00. The Morgan fingerprint density at radius 2 is 2.12 bits per heavy atom. The van der Waals surface area contributed by atoms with Crippen LogP contribution in [0.5, 0.6) is 11.5 Å². The monoisotopic (exact) mass is 370 g/mol. The second-order valence-corrected chi connectivity index (χ2v) is 7.88. The van der Waals surface area contributed by atoms with Crippen molar-refractivity contribution in [2.24, 2.45) is 10.7 Å². The minimum absolute atomic E-state index is 0.156. The van der Waals surface area contributed by atoms with Gasteiger partial charge in [-0.1, -0.05) is 6.42 Å². The van der Waals surface area contributed by atoms with Crippen LogP contribution in [0, 0.1) is 0 Å². The van der Waals surface area contributed by atoms with Crippen LogP contribution >= 0.6 is 0 Å². The van der Waals surface area contributed by atoms with Gasteiger partial charge in [-0.2, -0.15) is 4.31 Å². The molecule has 0 bridgehead atoms. The molecule has 0 aliphatic carbocycles. The molecule has 9 heteroatoms. The van der Waals surface area contributed by atoms with Gasteiger partial charge in [0.15, 0.2) is 5.96 Å². The molecule has 1 aliphatic rings. The third kappa shape index (κ3) is 5.23. The van der Waals surface area contributed by atoms with Crippen LogP contribution < -0.4 is 20.5 Å². The van der Waals surface area contributed by atoms with Gasteiger partial charge in [-0.05, 0) is 25.0 Å². The molecule has 1 fully saturated rings. The van der Waals surface area contributed by atoms with Gasteiger partial charge in [-0.15, -0.1) is 0 Å². The molecular formula is C16H26N4O4S. The van der Waals surface area contributed by atoms with Crippen LogP contribution in [-0.2, 0) is 10.0 Å². The molecule has 3 N–H and O–H groups in total. The van der Waals surface area contributed by atoms with Crippen LogP contribution in [0.2, 0.25) is 0 Å². The van der Waals surface area contributed by atoms with E-state index < -0.39 is 10.0 Å². The van der Waals surface area contributed by atoms with E-state index in [1.54, 1.807) is 32.4 Å². The number of sulfonamides is 1. The van der Waals surface area contributed by atoms with Gasteiger partial charge in [-0.3, -0.25) is 4.99 Å². The molecule has 1 unspecified atom stereocenters. The predicted molar refractivity (Wildman–Crippen MR) is 98.8 cm³/mol. The normalized spacial score (nSPS) is 19.5.